The molecule has 2 aromatic rings. The minimum atomic E-state index is 0.801. The Morgan fingerprint density at radius 2 is 1.90 bits per heavy atom. The van der Waals surface area contributed by atoms with Gasteiger partial charge in [0.25, 0.3) is 0 Å². The smallest absolute Gasteiger partial charge is 0.127 e. The maximum absolute atomic E-state index is 5.77. The summed E-state index contributed by atoms with van der Waals surface area (Å²) in [7, 11) is 0. The molecule has 0 saturated heterocycles. The molecule has 0 atom stereocenters. The van der Waals surface area contributed by atoms with Crippen molar-refractivity contribution in [2.24, 2.45) is 0 Å². The second kappa shape index (κ2) is 6.20. The van der Waals surface area contributed by atoms with Crippen molar-refractivity contribution in [2.45, 2.75) is 33.4 Å². The number of halogens is 1. The maximum atomic E-state index is 5.77. The molecule has 1 aliphatic heterocycles. The van der Waals surface area contributed by atoms with Gasteiger partial charge >= 0.3 is 0 Å². The van der Waals surface area contributed by atoms with E-state index in [0.29, 0.717) is 0 Å². The molecule has 1 N–H and O–H groups in total. The van der Waals surface area contributed by atoms with Crippen molar-refractivity contribution in [2.75, 3.05) is 6.61 Å². The lowest BCUT2D eigenvalue weighted by molar-refractivity contribution is 0.352. The van der Waals surface area contributed by atoms with Crippen LogP contribution >= 0.6 is 15.9 Å². The van der Waals surface area contributed by atoms with Crippen molar-refractivity contribution in [1.29, 1.82) is 0 Å². The lowest BCUT2D eigenvalue weighted by Crippen LogP contribution is -2.15. The van der Waals surface area contributed by atoms with Gasteiger partial charge < -0.3 is 10.1 Å². The average Bonchev–Trinajstić information content (AvgIpc) is 2.90. The molecule has 1 heterocycles. The van der Waals surface area contributed by atoms with Crippen LogP contribution in [-0.2, 0) is 19.5 Å². The fraction of sp³-hybridized carbons (Fsp3) is 0.333. The summed E-state index contributed by atoms with van der Waals surface area (Å²) in [6.07, 6.45) is 1.01. The van der Waals surface area contributed by atoms with E-state index in [9.17, 15) is 0 Å². The summed E-state index contributed by atoms with van der Waals surface area (Å²) < 4.78 is 6.91. The third-order valence-electron chi connectivity index (χ3n) is 4.09. The SMILES string of the molecule is Cc1cccc(C)c1CNCc1cc(Br)cc2c1OCC2. The van der Waals surface area contributed by atoms with Gasteiger partial charge in [0, 0.05) is 29.5 Å². The molecule has 0 unspecified atom stereocenters. The molecule has 3 heteroatoms. The van der Waals surface area contributed by atoms with Crippen LogP contribution in [0.3, 0.4) is 0 Å². The number of fused-ring (bicyclic) bond motifs is 1. The van der Waals surface area contributed by atoms with Crippen LogP contribution in [0, 0.1) is 13.8 Å². The van der Waals surface area contributed by atoms with E-state index in [1.807, 2.05) is 0 Å². The molecule has 0 radical (unpaired) electrons. The van der Waals surface area contributed by atoms with Crippen molar-refractivity contribution < 1.29 is 4.74 Å². The fourth-order valence-corrected chi connectivity index (χ4v) is 3.48. The molecule has 1 aliphatic rings. The lowest BCUT2D eigenvalue weighted by Gasteiger charge is -2.13. The highest BCUT2D eigenvalue weighted by atomic mass is 79.9. The molecule has 0 fully saturated rings. The standard InChI is InChI=1S/C18H20BrNO/c1-12-4-3-5-13(2)17(12)11-20-10-15-9-16(19)8-14-6-7-21-18(14)15/h3-5,8-9,20H,6-7,10-11H2,1-2H3. The fourth-order valence-electron chi connectivity index (χ4n) is 2.93. The number of nitrogens with one attached hydrogen (secondary N) is 1. The Kier molecular flexibility index (Phi) is 4.32. The minimum Gasteiger partial charge on any atom is -0.493 e. The molecular formula is C18H20BrNO. The van der Waals surface area contributed by atoms with Crippen molar-refractivity contribution in [3.05, 3.63) is 62.6 Å². The number of ether oxygens (including phenoxy) is 1. The Bertz CT molecular complexity index is 646. The molecule has 3 rings (SSSR count). The summed E-state index contributed by atoms with van der Waals surface area (Å²) in [6.45, 7) is 6.86. The van der Waals surface area contributed by atoms with Gasteiger partial charge in [-0.2, -0.15) is 0 Å². The Balaban J connectivity index is 1.72. The first-order chi connectivity index (χ1) is 10.1. The monoisotopic (exact) mass is 345 g/mol. The van der Waals surface area contributed by atoms with Crippen molar-refractivity contribution in [3.63, 3.8) is 0 Å². The highest BCUT2D eigenvalue weighted by molar-refractivity contribution is 9.10. The molecule has 0 saturated carbocycles. The zero-order valence-corrected chi connectivity index (χ0v) is 14.1. The van der Waals surface area contributed by atoms with Gasteiger partial charge in [-0.25, -0.2) is 0 Å². The van der Waals surface area contributed by atoms with Crippen molar-refractivity contribution in [3.8, 4) is 5.75 Å². The predicted octanol–water partition coefficient (Wildman–Crippen LogP) is 4.29. The van der Waals surface area contributed by atoms with Crippen LogP contribution in [0.15, 0.2) is 34.8 Å². The summed E-state index contributed by atoms with van der Waals surface area (Å²) in [5.41, 5.74) is 6.64. The summed E-state index contributed by atoms with van der Waals surface area (Å²) in [5.74, 6) is 1.08. The molecule has 0 spiro atoms. The molecular weight excluding hydrogens is 326 g/mol. The first-order valence-electron chi connectivity index (χ1n) is 7.35. The molecule has 0 amide bonds. The van der Waals surface area contributed by atoms with E-state index in [1.165, 1.54) is 27.8 Å². The average molecular weight is 346 g/mol. The van der Waals surface area contributed by atoms with Gasteiger partial charge in [0.2, 0.25) is 0 Å². The van der Waals surface area contributed by atoms with E-state index in [-0.39, 0.29) is 0 Å². The molecule has 110 valence electrons. The first kappa shape index (κ1) is 14.6. The van der Waals surface area contributed by atoms with Gasteiger partial charge in [-0.15, -0.1) is 0 Å². The molecule has 2 aromatic carbocycles. The number of rotatable bonds is 4. The van der Waals surface area contributed by atoms with Crippen LogP contribution in [0.25, 0.3) is 0 Å². The van der Waals surface area contributed by atoms with Crippen molar-refractivity contribution >= 4 is 15.9 Å². The van der Waals surface area contributed by atoms with Gasteiger partial charge in [-0.05, 0) is 48.2 Å². The largest absolute Gasteiger partial charge is 0.493 e. The third kappa shape index (κ3) is 3.14. The Labute approximate surface area is 134 Å². The van der Waals surface area contributed by atoms with Gasteiger partial charge in [-0.1, -0.05) is 34.1 Å². The Morgan fingerprint density at radius 3 is 2.67 bits per heavy atom. The predicted molar refractivity (Wildman–Crippen MR) is 89.8 cm³/mol. The first-order valence-corrected chi connectivity index (χ1v) is 8.14. The molecule has 0 aromatic heterocycles. The van der Waals surface area contributed by atoms with Crippen LogP contribution in [0.5, 0.6) is 5.75 Å². The minimum absolute atomic E-state index is 0.801. The number of hydrogen-bond donors (Lipinski definition) is 1. The maximum Gasteiger partial charge on any atom is 0.127 e. The molecule has 0 aliphatic carbocycles. The highest BCUT2D eigenvalue weighted by Gasteiger charge is 2.17. The highest BCUT2D eigenvalue weighted by Crippen LogP contribution is 2.32. The molecule has 0 bridgehead atoms. The van der Waals surface area contributed by atoms with Gasteiger partial charge in [0.1, 0.15) is 5.75 Å². The third-order valence-corrected chi connectivity index (χ3v) is 4.54. The van der Waals surface area contributed by atoms with Crippen LogP contribution in [0.2, 0.25) is 0 Å². The number of hydrogen-bond acceptors (Lipinski definition) is 2. The number of aryl methyl sites for hydroxylation is 2. The quantitative estimate of drug-likeness (QED) is 0.892. The topological polar surface area (TPSA) is 21.3 Å². The normalized spacial score (nSPS) is 13.1. The zero-order valence-electron chi connectivity index (χ0n) is 12.5. The van der Waals surface area contributed by atoms with Gasteiger partial charge in [-0.3, -0.25) is 0 Å². The van der Waals surface area contributed by atoms with Gasteiger partial charge in [0.05, 0.1) is 6.61 Å². The van der Waals surface area contributed by atoms with Crippen LogP contribution in [0.4, 0.5) is 0 Å². The van der Waals surface area contributed by atoms with E-state index < -0.39 is 0 Å². The summed E-state index contributed by atoms with van der Waals surface area (Å²) in [5, 5.41) is 3.56. The second-order valence-corrected chi connectivity index (χ2v) is 6.54. The van der Waals surface area contributed by atoms with E-state index in [1.54, 1.807) is 0 Å². The summed E-state index contributed by atoms with van der Waals surface area (Å²) in [4.78, 5) is 0. The van der Waals surface area contributed by atoms with E-state index in [2.05, 4.69) is 65.4 Å². The van der Waals surface area contributed by atoms with E-state index >= 15 is 0 Å². The summed E-state index contributed by atoms with van der Waals surface area (Å²) >= 11 is 3.59. The van der Waals surface area contributed by atoms with Gasteiger partial charge in [0.15, 0.2) is 0 Å². The zero-order chi connectivity index (χ0) is 14.8. The Hall–Kier alpha value is -1.32. The summed E-state index contributed by atoms with van der Waals surface area (Å²) in [6, 6.07) is 10.8. The Morgan fingerprint density at radius 1 is 1.14 bits per heavy atom. The van der Waals surface area contributed by atoms with Crippen LogP contribution in [0.1, 0.15) is 27.8 Å². The lowest BCUT2D eigenvalue weighted by atomic mass is 10.0. The molecule has 2 nitrogen and oxygen atoms in total. The molecule has 21 heavy (non-hydrogen) atoms. The van der Waals surface area contributed by atoms with Crippen LogP contribution in [-0.4, -0.2) is 6.61 Å². The van der Waals surface area contributed by atoms with E-state index in [0.717, 1.165) is 36.3 Å². The van der Waals surface area contributed by atoms with Crippen LogP contribution < -0.4 is 10.1 Å². The van der Waals surface area contributed by atoms with E-state index in [4.69, 9.17) is 4.74 Å². The second-order valence-electron chi connectivity index (χ2n) is 5.63. The van der Waals surface area contributed by atoms with Crippen molar-refractivity contribution in [1.82, 2.24) is 5.32 Å². The number of benzene rings is 2.